The van der Waals surface area contributed by atoms with Gasteiger partial charge in [0.25, 0.3) is 0 Å². The van der Waals surface area contributed by atoms with E-state index < -0.39 is 32.5 Å². The fraction of sp³-hybridized carbons (Fsp3) is 0.692. The molecular formula is C26H43NO6Si. The Morgan fingerprint density at radius 1 is 1.09 bits per heavy atom. The topological polar surface area (TPSA) is 94.1 Å². The van der Waals surface area contributed by atoms with Crippen LogP contribution in [0.1, 0.15) is 54.0 Å². The maximum Gasteiger partial charge on any atom is 0.405 e. The first kappa shape index (κ1) is 28.3. The van der Waals surface area contributed by atoms with E-state index in [0.29, 0.717) is 29.8 Å². The summed E-state index contributed by atoms with van der Waals surface area (Å²) in [5.41, 5.74) is 2.50. The average molecular weight is 494 g/mol. The lowest BCUT2D eigenvalue weighted by atomic mass is 9.84. The van der Waals surface area contributed by atoms with Crippen molar-refractivity contribution in [2.75, 3.05) is 19.8 Å². The van der Waals surface area contributed by atoms with E-state index >= 15 is 0 Å². The van der Waals surface area contributed by atoms with Crippen molar-refractivity contribution in [2.45, 2.75) is 83.7 Å². The van der Waals surface area contributed by atoms with Gasteiger partial charge in [0, 0.05) is 12.5 Å². The summed E-state index contributed by atoms with van der Waals surface area (Å²) < 4.78 is 18.6. The summed E-state index contributed by atoms with van der Waals surface area (Å²) in [4.78, 5) is 23.9. The molecule has 1 heterocycles. The molecule has 4 atom stereocenters. The number of amides is 1. The van der Waals surface area contributed by atoms with Crippen molar-refractivity contribution >= 4 is 20.4 Å². The maximum absolute atomic E-state index is 12.7. The molecule has 0 bridgehead atoms. The number of cyclic esters (lactones) is 1. The van der Waals surface area contributed by atoms with Gasteiger partial charge in [-0.15, -0.1) is 0 Å². The number of nitrogens with one attached hydrogen (secondary N) is 1. The minimum Gasteiger partial charge on any atom is -0.465 e. The number of carbonyl (C=O) groups excluding carboxylic acids is 1. The van der Waals surface area contributed by atoms with E-state index in [0.717, 1.165) is 6.42 Å². The van der Waals surface area contributed by atoms with Crippen LogP contribution < -0.4 is 5.32 Å². The van der Waals surface area contributed by atoms with Gasteiger partial charge in [-0.25, -0.2) is 9.59 Å². The van der Waals surface area contributed by atoms with E-state index in [9.17, 15) is 9.59 Å². The molecule has 0 unspecified atom stereocenters. The van der Waals surface area contributed by atoms with Crippen LogP contribution in [0.5, 0.6) is 0 Å². The first-order valence-corrected chi connectivity index (χ1v) is 14.6. The van der Waals surface area contributed by atoms with Gasteiger partial charge in [0.05, 0.1) is 13.2 Å². The summed E-state index contributed by atoms with van der Waals surface area (Å²) in [7, 11) is -2.13. The fourth-order valence-electron chi connectivity index (χ4n) is 5.65. The van der Waals surface area contributed by atoms with Crippen LogP contribution in [0.4, 0.5) is 4.79 Å². The molecule has 0 aliphatic carbocycles. The largest absolute Gasteiger partial charge is 0.465 e. The number of carbonyl (C=O) groups is 2. The molecule has 0 saturated carbocycles. The maximum atomic E-state index is 12.7. The van der Waals surface area contributed by atoms with Crippen LogP contribution in [-0.4, -0.2) is 57.5 Å². The van der Waals surface area contributed by atoms with Gasteiger partial charge in [0.1, 0.15) is 6.10 Å². The summed E-state index contributed by atoms with van der Waals surface area (Å²) in [6.45, 7) is 16.2. The Labute approximate surface area is 205 Å². The lowest BCUT2D eigenvalue weighted by Gasteiger charge is -2.44. The van der Waals surface area contributed by atoms with Crippen molar-refractivity contribution in [3.8, 4) is 0 Å². The van der Waals surface area contributed by atoms with Crippen LogP contribution in [0.25, 0.3) is 0 Å². The highest BCUT2D eigenvalue weighted by molar-refractivity contribution is 6.77. The molecule has 1 saturated heterocycles. The van der Waals surface area contributed by atoms with Crippen LogP contribution in [-0.2, 0) is 25.1 Å². The minimum atomic E-state index is -2.13. The van der Waals surface area contributed by atoms with Crippen molar-refractivity contribution in [3.05, 3.63) is 35.9 Å². The van der Waals surface area contributed by atoms with Crippen molar-refractivity contribution < 1.29 is 28.6 Å². The Balaban J connectivity index is 2.35. The van der Waals surface area contributed by atoms with Crippen LogP contribution in [0, 0.1) is 11.8 Å². The molecule has 0 spiro atoms. The second-order valence-electron chi connectivity index (χ2n) is 10.4. The zero-order valence-electron chi connectivity index (χ0n) is 21.7. The zero-order valence-corrected chi connectivity index (χ0v) is 22.7. The van der Waals surface area contributed by atoms with E-state index in [2.05, 4.69) is 59.0 Å². The van der Waals surface area contributed by atoms with Crippen molar-refractivity contribution in [1.82, 2.24) is 5.32 Å². The van der Waals surface area contributed by atoms with Gasteiger partial charge in [-0.1, -0.05) is 71.9 Å². The third kappa shape index (κ3) is 7.06. The number of esters is 1. The van der Waals surface area contributed by atoms with E-state index in [4.69, 9.17) is 19.0 Å². The molecule has 1 aromatic rings. The number of benzene rings is 1. The predicted molar refractivity (Wildman–Crippen MR) is 135 cm³/mol. The van der Waals surface area contributed by atoms with Crippen LogP contribution in [0.15, 0.2) is 30.3 Å². The van der Waals surface area contributed by atoms with Gasteiger partial charge in [-0.3, -0.25) is 0 Å². The molecule has 0 radical (unpaired) electrons. The number of hydrogen-bond acceptors (Lipinski definition) is 5. The van der Waals surface area contributed by atoms with Crippen molar-refractivity contribution in [1.29, 1.82) is 0 Å². The Kier molecular flexibility index (Phi) is 10.6. The highest BCUT2D eigenvalue weighted by atomic mass is 28.4. The Bertz CT molecular complexity index is 763. The molecule has 7 nitrogen and oxygen atoms in total. The predicted octanol–water partition coefficient (Wildman–Crippen LogP) is 5.25. The van der Waals surface area contributed by atoms with E-state index in [1.807, 2.05) is 25.1 Å². The molecule has 1 fully saturated rings. The first-order valence-electron chi connectivity index (χ1n) is 12.4. The van der Waals surface area contributed by atoms with Gasteiger partial charge in [-0.2, -0.15) is 0 Å². The van der Waals surface area contributed by atoms with Gasteiger partial charge >= 0.3 is 12.1 Å². The molecule has 1 aliphatic heterocycles. The van der Waals surface area contributed by atoms with E-state index in [1.54, 1.807) is 0 Å². The van der Waals surface area contributed by atoms with Crippen LogP contribution in [0.2, 0.25) is 16.6 Å². The van der Waals surface area contributed by atoms with Crippen LogP contribution in [0.3, 0.4) is 0 Å². The summed E-state index contributed by atoms with van der Waals surface area (Å²) in [6, 6.07) is 9.15. The molecule has 1 aliphatic rings. The summed E-state index contributed by atoms with van der Waals surface area (Å²) in [6.07, 6.45) is -0.966. The lowest BCUT2D eigenvalue weighted by molar-refractivity contribution is -0.154. The van der Waals surface area contributed by atoms with Gasteiger partial charge in [0.2, 0.25) is 0 Å². The molecule has 34 heavy (non-hydrogen) atoms. The number of ether oxygens (including phenoxy) is 2. The molecule has 1 aromatic carbocycles. The third-order valence-corrected chi connectivity index (χ3v) is 13.4. The lowest BCUT2D eigenvalue weighted by Crippen LogP contribution is -2.50. The van der Waals surface area contributed by atoms with E-state index in [-0.39, 0.29) is 18.4 Å². The molecule has 192 valence electrons. The highest BCUT2D eigenvalue weighted by Crippen LogP contribution is 2.43. The van der Waals surface area contributed by atoms with Gasteiger partial charge in [-0.05, 0) is 41.4 Å². The fourth-order valence-corrected chi connectivity index (χ4v) is 11.1. The Hall–Kier alpha value is -1.90. The summed E-state index contributed by atoms with van der Waals surface area (Å²) >= 11 is 0. The van der Waals surface area contributed by atoms with Crippen molar-refractivity contribution in [3.63, 3.8) is 0 Å². The Morgan fingerprint density at radius 2 is 1.68 bits per heavy atom. The SMILES string of the molecule is CC(C)[Si](OC[C@@H]1[C@@H](Cc2ccccc2)COC[C@H](NC(=O)O)C(=O)O[C@H]1C)(C(C)C)C(C)C. The zero-order chi connectivity index (χ0) is 25.5. The average Bonchev–Trinajstić information content (AvgIpc) is 2.79. The van der Waals surface area contributed by atoms with Gasteiger partial charge < -0.3 is 24.3 Å². The minimum absolute atomic E-state index is 0.0481. The second kappa shape index (κ2) is 12.7. The summed E-state index contributed by atoms with van der Waals surface area (Å²) in [5, 5.41) is 11.3. The standard InChI is InChI=1S/C26H43NO6Si/c1-17(2)34(18(3)4,19(5)6)32-15-23-20(7)33-25(28)24(27-26(29)30)16-31-14-22(23)13-21-11-9-8-10-12-21/h8-12,17-20,22-24,27H,13-16H2,1-7H3,(H,29,30)/t20-,22-,23-,24-/m0/s1. The quantitative estimate of drug-likeness (QED) is 0.360. The number of hydrogen-bond donors (Lipinski definition) is 2. The Morgan fingerprint density at radius 3 is 2.21 bits per heavy atom. The normalized spacial score (nSPS) is 24.5. The third-order valence-electron chi connectivity index (χ3n) is 7.28. The number of rotatable bonds is 9. The first-order chi connectivity index (χ1) is 16.0. The second-order valence-corrected chi connectivity index (χ2v) is 15.9. The monoisotopic (exact) mass is 493 g/mol. The summed E-state index contributed by atoms with van der Waals surface area (Å²) in [5.74, 6) is -0.650. The molecule has 2 N–H and O–H groups in total. The number of carboxylic acid groups (broad SMARTS) is 1. The van der Waals surface area contributed by atoms with E-state index in [1.165, 1.54) is 5.56 Å². The molecule has 1 amide bonds. The van der Waals surface area contributed by atoms with Crippen LogP contribution >= 0.6 is 0 Å². The molecule has 2 rings (SSSR count). The highest BCUT2D eigenvalue weighted by Gasteiger charge is 2.46. The smallest absolute Gasteiger partial charge is 0.405 e. The van der Waals surface area contributed by atoms with Crippen molar-refractivity contribution in [2.24, 2.45) is 11.8 Å². The van der Waals surface area contributed by atoms with Gasteiger partial charge in [0.15, 0.2) is 14.4 Å². The molecule has 8 heteroatoms. The molecule has 0 aromatic heterocycles. The molecular weight excluding hydrogens is 450 g/mol.